The first kappa shape index (κ1) is 20.7. The molecule has 4 rings (SSSR count). The van der Waals surface area contributed by atoms with E-state index >= 15 is 0 Å². The van der Waals surface area contributed by atoms with Crippen molar-refractivity contribution in [2.45, 2.75) is 32.1 Å². The largest absolute Gasteiger partial charge is 0.478 e. The van der Waals surface area contributed by atoms with Crippen LogP contribution in [0.3, 0.4) is 0 Å². The van der Waals surface area contributed by atoms with Crippen molar-refractivity contribution in [1.82, 2.24) is 0 Å². The minimum Gasteiger partial charge on any atom is -0.478 e. The number of carbonyl (C=O) groups is 2. The van der Waals surface area contributed by atoms with E-state index in [2.05, 4.69) is 36.5 Å². The van der Waals surface area contributed by atoms with Gasteiger partial charge in [-0.2, -0.15) is 0 Å². The van der Waals surface area contributed by atoms with Crippen LogP contribution in [0, 0.1) is 0 Å². The monoisotopic (exact) mass is 415 g/mol. The number of fused-ring (bicyclic) bond motifs is 3. The van der Waals surface area contributed by atoms with Crippen molar-refractivity contribution in [3.63, 3.8) is 0 Å². The van der Waals surface area contributed by atoms with Crippen LogP contribution in [0.25, 0.3) is 11.1 Å². The molecule has 0 aliphatic heterocycles. The smallest absolute Gasteiger partial charge is 0.411 e. The maximum Gasteiger partial charge on any atom is 0.411 e. The molecular weight excluding hydrogens is 390 g/mol. The summed E-state index contributed by atoms with van der Waals surface area (Å²) in [5, 5.41) is 12.1. The Morgan fingerprint density at radius 2 is 1.61 bits per heavy atom. The number of hydrogen-bond acceptors (Lipinski definition) is 3. The Morgan fingerprint density at radius 1 is 0.968 bits per heavy atom. The predicted molar refractivity (Wildman–Crippen MR) is 121 cm³/mol. The van der Waals surface area contributed by atoms with Gasteiger partial charge in [0.05, 0.1) is 5.56 Å². The van der Waals surface area contributed by atoms with Crippen LogP contribution < -0.4 is 5.32 Å². The summed E-state index contributed by atoms with van der Waals surface area (Å²) in [6, 6.07) is 21.2. The van der Waals surface area contributed by atoms with Crippen molar-refractivity contribution in [2.24, 2.45) is 0 Å². The minimum absolute atomic E-state index is 0.0249. The summed E-state index contributed by atoms with van der Waals surface area (Å²) in [7, 11) is 0. The van der Waals surface area contributed by atoms with Gasteiger partial charge in [-0.3, -0.25) is 5.32 Å². The lowest BCUT2D eigenvalue weighted by molar-refractivity contribution is 0.0696. The quantitative estimate of drug-likeness (QED) is 0.490. The number of anilines is 1. The summed E-state index contributed by atoms with van der Waals surface area (Å²) >= 11 is 0. The fourth-order valence-electron chi connectivity index (χ4n) is 4.16. The van der Waals surface area contributed by atoms with Gasteiger partial charge in [-0.25, -0.2) is 9.59 Å². The summed E-state index contributed by atoms with van der Waals surface area (Å²) in [4.78, 5) is 24.0. The van der Waals surface area contributed by atoms with E-state index in [-0.39, 0.29) is 18.1 Å². The van der Waals surface area contributed by atoms with Crippen LogP contribution >= 0.6 is 0 Å². The highest BCUT2D eigenvalue weighted by atomic mass is 16.5. The van der Waals surface area contributed by atoms with Crippen LogP contribution in [0.4, 0.5) is 10.5 Å². The van der Waals surface area contributed by atoms with Gasteiger partial charge in [0, 0.05) is 11.6 Å². The zero-order chi connectivity index (χ0) is 21.8. The first-order valence-electron chi connectivity index (χ1n) is 10.6. The lowest BCUT2D eigenvalue weighted by Gasteiger charge is -2.16. The lowest BCUT2D eigenvalue weighted by atomic mass is 9.98. The first-order chi connectivity index (χ1) is 15.1. The molecule has 158 valence electrons. The molecule has 0 unspecified atom stereocenters. The van der Waals surface area contributed by atoms with Gasteiger partial charge in [0.1, 0.15) is 6.61 Å². The Bertz CT molecular complexity index is 1080. The summed E-state index contributed by atoms with van der Waals surface area (Å²) in [6.45, 7) is 2.30. The van der Waals surface area contributed by atoms with Gasteiger partial charge in [0.2, 0.25) is 0 Å². The fourth-order valence-corrected chi connectivity index (χ4v) is 4.16. The van der Waals surface area contributed by atoms with Crippen LogP contribution in [0.1, 0.15) is 52.7 Å². The molecule has 0 atom stereocenters. The van der Waals surface area contributed by atoms with Gasteiger partial charge in [0.25, 0.3) is 0 Å². The van der Waals surface area contributed by atoms with E-state index < -0.39 is 12.1 Å². The number of benzene rings is 3. The highest BCUT2D eigenvalue weighted by Crippen LogP contribution is 2.44. The van der Waals surface area contributed by atoms with Gasteiger partial charge >= 0.3 is 12.1 Å². The number of unbranched alkanes of at least 4 members (excludes halogenated alkanes) is 1. The van der Waals surface area contributed by atoms with E-state index in [0.29, 0.717) is 5.69 Å². The van der Waals surface area contributed by atoms with E-state index in [4.69, 9.17) is 4.74 Å². The van der Waals surface area contributed by atoms with Gasteiger partial charge in [-0.1, -0.05) is 67.9 Å². The Hall–Kier alpha value is -3.60. The molecule has 1 amide bonds. The predicted octanol–water partition coefficient (Wildman–Crippen LogP) is 6.09. The Balaban J connectivity index is 1.50. The van der Waals surface area contributed by atoms with Crippen molar-refractivity contribution >= 4 is 17.7 Å². The number of aryl methyl sites for hydroxylation is 1. The maximum atomic E-state index is 12.6. The van der Waals surface area contributed by atoms with Crippen molar-refractivity contribution in [1.29, 1.82) is 0 Å². The average molecular weight is 415 g/mol. The Labute approximate surface area is 181 Å². The number of carboxylic acid groups (broad SMARTS) is 1. The second-order valence-electron chi connectivity index (χ2n) is 7.73. The number of aromatic carboxylic acids is 1. The molecule has 0 aromatic heterocycles. The average Bonchev–Trinajstić information content (AvgIpc) is 3.10. The van der Waals surface area contributed by atoms with Gasteiger partial charge in [-0.05, 0) is 52.8 Å². The highest BCUT2D eigenvalue weighted by molar-refractivity contribution is 5.92. The molecule has 0 spiro atoms. The third kappa shape index (κ3) is 4.31. The third-order valence-corrected chi connectivity index (χ3v) is 5.74. The van der Waals surface area contributed by atoms with Gasteiger partial charge in [0.15, 0.2) is 0 Å². The Morgan fingerprint density at radius 3 is 2.23 bits per heavy atom. The van der Waals surface area contributed by atoms with Crippen LogP contribution in [0.15, 0.2) is 66.7 Å². The van der Waals surface area contributed by atoms with Crippen LogP contribution in [-0.4, -0.2) is 23.8 Å². The molecule has 1 aliphatic rings. The molecule has 3 aromatic carbocycles. The number of amides is 1. The number of hydrogen-bond donors (Lipinski definition) is 2. The minimum atomic E-state index is -1.03. The number of rotatable bonds is 7. The zero-order valence-corrected chi connectivity index (χ0v) is 17.4. The number of carboxylic acids is 1. The molecule has 5 nitrogen and oxygen atoms in total. The van der Waals surface area contributed by atoms with Crippen LogP contribution in [-0.2, 0) is 11.2 Å². The number of nitrogens with one attached hydrogen (secondary N) is 1. The molecule has 3 aromatic rings. The van der Waals surface area contributed by atoms with Crippen molar-refractivity contribution in [2.75, 3.05) is 11.9 Å². The van der Waals surface area contributed by atoms with Crippen molar-refractivity contribution in [3.8, 4) is 11.1 Å². The second-order valence-corrected chi connectivity index (χ2v) is 7.73. The van der Waals surface area contributed by atoms with E-state index in [1.807, 2.05) is 24.3 Å². The summed E-state index contributed by atoms with van der Waals surface area (Å²) < 4.78 is 5.61. The van der Waals surface area contributed by atoms with Crippen LogP contribution in [0.2, 0.25) is 0 Å². The van der Waals surface area contributed by atoms with Gasteiger partial charge in [-0.15, -0.1) is 0 Å². The SMILES string of the molecule is CCCCc1ccc(C(=O)O)cc1NC(=O)OCC1c2ccccc2-c2ccccc21. The lowest BCUT2D eigenvalue weighted by Crippen LogP contribution is -2.19. The third-order valence-electron chi connectivity index (χ3n) is 5.74. The zero-order valence-electron chi connectivity index (χ0n) is 17.4. The van der Waals surface area contributed by atoms with Gasteiger partial charge < -0.3 is 9.84 Å². The van der Waals surface area contributed by atoms with E-state index in [1.165, 1.54) is 17.2 Å². The van der Waals surface area contributed by atoms with E-state index in [9.17, 15) is 14.7 Å². The summed E-state index contributed by atoms with van der Waals surface area (Å²) in [5.41, 5.74) is 6.16. The molecule has 0 fully saturated rings. The molecule has 0 radical (unpaired) electrons. The molecule has 1 aliphatic carbocycles. The second kappa shape index (κ2) is 9.04. The Kier molecular flexibility index (Phi) is 6.03. The summed E-state index contributed by atoms with van der Waals surface area (Å²) in [5.74, 6) is -1.05. The molecule has 5 heteroatoms. The molecule has 0 heterocycles. The number of ether oxygens (including phenoxy) is 1. The van der Waals surface area contributed by atoms with E-state index in [1.54, 1.807) is 12.1 Å². The fraction of sp³-hybridized carbons (Fsp3) is 0.231. The molecular formula is C26H25NO4. The van der Waals surface area contributed by atoms with Crippen LogP contribution in [0.5, 0.6) is 0 Å². The highest BCUT2D eigenvalue weighted by Gasteiger charge is 2.29. The molecule has 0 bridgehead atoms. The summed E-state index contributed by atoms with van der Waals surface area (Å²) in [6.07, 6.45) is 2.13. The normalized spacial score (nSPS) is 12.2. The molecule has 0 saturated carbocycles. The topological polar surface area (TPSA) is 75.6 Å². The van der Waals surface area contributed by atoms with Crippen molar-refractivity contribution < 1.29 is 19.4 Å². The van der Waals surface area contributed by atoms with E-state index in [0.717, 1.165) is 36.0 Å². The molecule has 0 saturated heterocycles. The standard InChI is InChI=1S/C26H25NO4/c1-2-3-8-17-13-14-18(25(28)29)15-24(17)27-26(30)31-16-23-21-11-6-4-9-19(21)20-10-5-7-12-22(20)23/h4-7,9-15,23H,2-3,8,16H2,1H3,(H,27,30)(H,28,29). The van der Waals surface area contributed by atoms with Crippen molar-refractivity contribution in [3.05, 3.63) is 89.0 Å². The number of carbonyl (C=O) groups excluding carboxylic acids is 1. The first-order valence-corrected chi connectivity index (χ1v) is 10.6. The molecule has 31 heavy (non-hydrogen) atoms. The molecule has 2 N–H and O–H groups in total. The maximum absolute atomic E-state index is 12.6.